The third-order valence-corrected chi connectivity index (χ3v) is 7.22. The number of hydrogen-bond acceptors (Lipinski definition) is 3. The van der Waals surface area contributed by atoms with Crippen LogP contribution in [0.15, 0.2) is 23.1 Å². The Balaban J connectivity index is 1.69. The van der Waals surface area contributed by atoms with Crippen LogP contribution >= 0.6 is 0 Å². The topological polar surface area (TPSA) is 57.7 Å². The summed E-state index contributed by atoms with van der Waals surface area (Å²) in [5.41, 5.74) is 1.72. The van der Waals surface area contributed by atoms with E-state index in [0.717, 1.165) is 37.1 Å². The standard InChI is InChI=1S/C18H26N2O3S/c1-14-5-6-15(2)17(13-14)24(22,23)20-11-7-16(8-12-20)18(21)19-9-3-4-10-19/h5-6,13,16H,3-4,7-12H2,1-2H3. The summed E-state index contributed by atoms with van der Waals surface area (Å²) >= 11 is 0. The molecule has 1 aromatic carbocycles. The molecule has 2 aliphatic heterocycles. The summed E-state index contributed by atoms with van der Waals surface area (Å²) in [5.74, 6) is 0.199. The molecule has 0 bridgehead atoms. The van der Waals surface area contributed by atoms with Crippen molar-refractivity contribution in [1.82, 2.24) is 9.21 Å². The van der Waals surface area contributed by atoms with E-state index in [1.54, 1.807) is 10.4 Å². The number of sulfonamides is 1. The van der Waals surface area contributed by atoms with Crippen molar-refractivity contribution in [3.05, 3.63) is 29.3 Å². The minimum absolute atomic E-state index is 0.0202. The minimum Gasteiger partial charge on any atom is -0.342 e. The second-order valence-electron chi connectivity index (χ2n) is 6.98. The number of carbonyl (C=O) groups is 1. The van der Waals surface area contributed by atoms with Gasteiger partial charge in [0.1, 0.15) is 0 Å². The van der Waals surface area contributed by atoms with Gasteiger partial charge in [-0.25, -0.2) is 8.42 Å². The van der Waals surface area contributed by atoms with E-state index in [1.807, 2.05) is 30.9 Å². The quantitative estimate of drug-likeness (QED) is 0.841. The van der Waals surface area contributed by atoms with Gasteiger partial charge >= 0.3 is 0 Å². The van der Waals surface area contributed by atoms with E-state index in [4.69, 9.17) is 0 Å². The smallest absolute Gasteiger partial charge is 0.243 e. The first-order valence-corrected chi connectivity index (χ1v) is 10.2. The summed E-state index contributed by atoms with van der Waals surface area (Å²) in [4.78, 5) is 14.8. The van der Waals surface area contributed by atoms with Crippen LogP contribution in [0.5, 0.6) is 0 Å². The maximum absolute atomic E-state index is 12.9. The number of nitrogens with zero attached hydrogens (tertiary/aromatic N) is 2. The lowest BCUT2D eigenvalue weighted by Gasteiger charge is -2.32. The lowest BCUT2D eigenvalue weighted by molar-refractivity contribution is -0.135. The third kappa shape index (κ3) is 3.35. The van der Waals surface area contributed by atoms with E-state index in [-0.39, 0.29) is 11.8 Å². The van der Waals surface area contributed by atoms with Gasteiger partial charge in [0.05, 0.1) is 4.90 Å². The molecule has 0 aliphatic carbocycles. The first-order chi connectivity index (χ1) is 11.4. The van der Waals surface area contributed by atoms with Crippen LogP contribution in [0.3, 0.4) is 0 Å². The van der Waals surface area contributed by atoms with Crippen LogP contribution in [0, 0.1) is 19.8 Å². The highest BCUT2D eigenvalue weighted by molar-refractivity contribution is 7.89. The molecule has 5 nitrogen and oxygen atoms in total. The minimum atomic E-state index is -3.47. The van der Waals surface area contributed by atoms with Crippen LogP contribution in [-0.4, -0.2) is 49.7 Å². The Hall–Kier alpha value is -1.40. The zero-order valence-corrected chi connectivity index (χ0v) is 15.3. The van der Waals surface area contributed by atoms with E-state index in [1.165, 1.54) is 0 Å². The molecule has 2 saturated heterocycles. The fourth-order valence-electron chi connectivity index (χ4n) is 3.66. The zero-order chi connectivity index (χ0) is 17.3. The number of aryl methyl sites for hydroxylation is 2. The Kier molecular flexibility index (Phi) is 4.97. The Bertz CT molecular complexity index is 716. The molecule has 132 valence electrons. The monoisotopic (exact) mass is 350 g/mol. The largest absolute Gasteiger partial charge is 0.342 e. The van der Waals surface area contributed by atoms with E-state index in [2.05, 4.69) is 0 Å². The van der Waals surface area contributed by atoms with Crippen LogP contribution in [0.1, 0.15) is 36.8 Å². The van der Waals surface area contributed by atoms with Gasteiger partial charge in [-0.15, -0.1) is 0 Å². The summed E-state index contributed by atoms with van der Waals surface area (Å²) < 4.78 is 27.4. The van der Waals surface area contributed by atoms with Gasteiger partial charge in [-0.05, 0) is 56.7 Å². The van der Waals surface area contributed by atoms with E-state index < -0.39 is 10.0 Å². The summed E-state index contributed by atoms with van der Waals surface area (Å²) in [6.45, 7) is 6.31. The second kappa shape index (κ2) is 6.84. The number of likely N-dealkylation sites (tertiary alicyclic amines) is 1. The number of carbonyl (C=O) groups excluding carboxylic acids is 1. The van der Waals surface area contributed by atoms with Gasteiger partial charge < -0.3 is 4.90 Å². The molecule has 6 heteroatoms. The van der Waals surface area contributed by atoms with Crippen LogP contribution in [-0.2, 0) is 14.8 Å². The van der Waals surface area contributed by atoms with E-state index >= 15 is 0 Å². The molecule has 24 heavy (non-hydrogen) atoms. The van der Waals surface area contributed by atoms with Crippen molar-refractivity contribution >= 4 is 15.9 Å². The predicted octanol–water partition coefficient (Wildman–Crippen LogP) is 2.33. The molecule has 0 unspecified atom stereocenters. The maximum Gasteiger partial charge on any atom is 0.243 e. The highest BCUT2D eigenvalue weighted by Gasteiger charge is 2.34. The molecular formula is C18H26N2O3S. The predicted molar refractivity (Wildman–Crippen MR) is 93.2 cm³/mol. The summed E-state index contributed by atoms with van der Waals surface area (Å²) in [6.07, 6.45) is 3.43. The SMILES string of the molecule is Cc1ccc(C)c(S(=O)(=O)N2CCC(C(=O)N3CCCC3)CC2)c1. The molecule has 2 fully saturated rings. The molecule has 1 aromatic rings. The van der Waals surface area contributed by atoms with Gasteiger partial charge in [-0.2, -0.15) is 4.31 Å². The fraction of sp³-hybridized carbons (Fsp3) is 0.611. The van der Waals surface area contributed by atoms with Crippen molar-refractivity contribution in [3.8, 4) is 0 Å². The lowest BCUT2D eigenvalue weighted by Crippen LogP contribution is -2.43. The van der Waals surface area contributed by atoms with Crippen LogP contribution in [0.4, 0.5) is 0 Å². The Morgan fingerprint density at radius 1 is 1.04 bits per heavy atom. The second-order valence-corrected chi connectivity index (χ2v) is 8.89. The summed E-state index contributed by atoms with van der Waals surface area (Å²) in [7, 11) is -3.47. The van der Waals surface area contributed by atoms with Crippen LogP contribution < -0.4 is 0 Å². The molecule has 0 N–H and O–H groups in total. The molecular weight excluding hydrogens is 324 g/mol. The maximum atomic E-state index is 12.9. The molecule has 2 aliphatic rings. The van der Waals surface area contributed by atoms with Gasteiger partial charge in [0.15, 0.2) is 0 Å². The van der Waals surface area contributed by atoms with Crippen molar-refractivity contribution in [1.29, 1.82) is 0 Å². The fourth-order valence-corrected chi connectivity index (χ4v) is 5.44. The van der Waals surface area contributed by atoms with Gasteiger partial charge in [0.2, 0.25) is 15.9 Å². The molecule has 0 radical (unpaired) electrons. The first-order valence-electron chi connectivity index (χ1n) is 8.76. The first kappa shape index (κ1) is 17.4. The van der Waals surface area contributed by atoms with E-state index in [9.17, 15) is 13.2 Å². The molecule has 0 atom stereocenters. The van der Waals surface area contributed by atoms with Gasteiger partial charge in [0, 0.05) is 32.1 Å². The van der Waals surface area contributed by atoms with Crippen molar-refractivity contribution in [2.45, 2.75) is 44.4 Å². The number of rotatable bonds is 3. The Labute approximate surface area is 144 Å². The van der Waals surface area contributed by atoms with Crippen LogP contribution in [0.25, 0.3) is 0 Å². The lowest BCUT2D eigenvalue weighted by atomic mass is 9.97. The molecule has 2 heterocycles. The number of amides is 1. The van der Waals surface area contributed by atoms with Crippen LogP contribution in [0.2, 0.25) is 0 Å². The number of hydrogen-bond donors (Lipinski definition) is 0. The van der Waals surface area contributed by atoms with Crippen molar-refractivity contribution in [3.63, 3.8) is 0 Å². The zero-order valence-electron chi connectivity index (χ0n) is 14.5. The molecule has 0 saturated carbocycles. The average Bonchev–Trinajstić information content (AvgIpc) is 3.11. The van der Waals surface area contributed by atoms with Crippen molar-refractivity contribution in [2.24, 2.45) is 5.92 Å². The number of piperidine rings is 1. The summed E-state index contributed by atoms with van der Waals surface area (Å²) in [6, 6.07) is 5.52. The normalized spacial score (nSPS) is 20.5. The molecule has 0 aromatic heterocycles. The molecule has 3 rings (SSSR count). The number of benzene rings is 1. The average molecular weight is 350 g/mol. The van der Waals surface area contributed by atoms with Gasteiger partial charge in [0.25, 0.3) is 0 Å². The third-order valence-electron chi connectivity index (χ3n) is 5.18. The van der Waals surface area contributed by atoms with Gasteiger partial charge in [-0.3, -0.25) is 4.79 Å². The summed E-state index contributed by atoms with van der Waals surface area (Å²) in [5, 5.41) is 0. The Morgan fingerprint density at radius 2 is 1.67 bits per heavy atom. The van der Waals surface area contributed by atoms with E-state index in [0.29, 0.717) is 30.8 Å². The van der Waals surface area contributed by atoms with Crippen molar-refractivity contribution < 1.29 is 13.2 Å². The van der Waals surface area contributed by atoms with Crippen molar-refractivity contribution in [2.75, 3.05) is 26.2 Å². The highest BCUT2D eigenvalue weighted by atomic mass is 32.2. The molecule has 1 amide bonds. The highest BCUT2D eigenvalue weighted by Crippen LogP contribution is 2.28. The molecule has 0 spiro atoms. The Morgan fingerprint density at radius 3 is 2.29 bits per heavy atom. The van der Waals surface area contributed by atoms with Gasteiger partial charge in [-0.1, -0.05) is 12.1 Å².